The fraction of sp³-hybridized carbons (Fsp3) is 0. The van der Waals surface area contributed by atoms with E-state index in [-0.39, 0.29) is 0 Å². The van der Waals surface area contributed by atoms with E-state index >= 15 is 0 Å². The molecule has 2 aromatic rings. The second-order valence-corrected chi connectivity index (χ2v) is 3.28. The van der Waals surface area contributed by atoms with Crippen LogP contribution in [0.2, 0.25) is 0 Å². The van der Waals surface area contributed by atoms with Crippen LogP contribution in [-0.2, 0) is 0 Å². The molecule has 0 atom stereocenters. The summed E-state index contributed by atoms with van der Waals surface area (Å²) < 4.78 is 2.70. The fourth-order valence-corrected chi connectivity index (χ4v) is 1.35. The average molecular weight is 260 g/mol. The molecule has 2 N–H and O–H groups in total. The molecule has 0 aromatic carbocycles. The van der Waals surface area contributed by atoms with Gasteiger partial charge in [0.15, 0.2) is 5.65 Å². The molecule has 2 heterocycles. The molecule has 0 amide bonds. The zero-order valence-electron chi connectivity index (χ0n) is 5.53. The molecular weight excluding hydrogens is 255 g/mol. The first-order chi connectivity index (χ1) is 5.27. The van der Waals surface area contributed by atoms with Gasteiger partial charge in [-0.2, -0.15) is 5.10 Å². The molecule has 0 bridgehead atoms. The van der Waals surface area contributed by atoms with Gasteiger partial charge in [-0.1, -0.05) is 0 Å². The molecule has 5 heteroatoms. The zero-order valence-corrected chi connectivity index (χ0v) is 7.69. The highest BCUT2D eigenvalue weighted by atomic mass is 127. The largest absolute Gasteiger partial charge is 0.384 e. The van der Waals surface area contributed by atoms with Gasteiger partial charge in [0.05, 0.1) is 9.77 Å². The fourth-order valence-electron chi connectivity index (χ4n) is 0.855. The second kappa shape index (κ2) is 2.33. The Bertz CT molecular complexity index is 394. The molecule has 0 aliphatic rings. The van der Waals surface area contributed by atoms with Crippen LogP contribution in [0.15, 0.2) is 18.5 Å². The highest BCUT2D eigenvalue weighted by molar-refractivity contribution is 14.1. The first-order valence-corrected chi connectivity index (χ1v) is 4.10. The van der Waals surface area contributed by atoms with Gasteiger partial charge in [0.2, 0.25) is 0 Å². The van der Waals surface area contributed by atoms with Crippen molar-refractivity contribution in [2.45, 2.75) is 0 Å². The minimum Gasteiger partial charge on any atom is -0.384 e. The number of anilines is 1. The number of nitrogens with zero attached hydrogens (tertiary/aromatic N) is 3. The predicted molar refractivity (Wildman–Crippen MR) is 50.1 cm³/mol. The van der Waals surface area contributed by atoms with Crippen molar-refractivity contribution in [2.24, 2.45) is 0 Å². The third-order valence-electron chi connectivity index (χ3n) is 1.35. The van der Waals surface area contributed by atoms with Crippen LogP contribution in [0.4, 0.5) is 5.82 Å². The molecule has 0 fully saturated rings. The first-order valence-electron chi connectivity index (χ1n) is 3.03. The molecule has 11 heavy (non-hydrogen) atoms. The molecule has 2 rings (SSSR count). The molecular formula is C6H5IN4. The Labute approximate surface area is 76.6 Å². The summed E-state index contributed by atoms with van der Waals surface area (Å²) >= 11 is 2.17. The van der Waals surface area contributed by atoms with Gasteiger partial charge in [0.1, 0.15) is 5.82 Å². The van der Waals surface area contributed by atoms with Crippen LogP contribution in [0, 0.1) is 3.57 Å². The Hall–Kier alpha value is -0.850. The van der Waals surface area contributed by atoms with Gasteiger partial charge in [0.25, 0.3) is 0 Å². The van der Waals surface area contributed by atoms with Crippen molar-refractivity contribution in [1.82, 2.24) is 14.6 Å². The van der Waals surface area contributed by atoms with Crippen LogP contribution in [-0.4, -0.2) is 14.6 Å². The van der Waals surface area contributed by atoms with Crippen molar-refractivity contribution in [2.75, 3.05) is 5.73 Å². The van der Waals surface area contributed by atoms with Crippen molar-refractivity contribution in [3.05, 3.63) is 22.0 Å². The van der Waals surface area contributed by atoms with E-state index in [1.54, 1.807) is 23.0 Å². The van der Waals surface area contributed by atoms with E-state index in [0.29, 0.717) is 5.82 Å². The lowest BCUT2D eigenvalue weighted by molar-refractivity contribution is 0.942. The van der Waals surface area contributed by atoms with Crippen LogP contribution < -0.4 is 5.73 Å². The second-order valence-electron chi connectivity index (χ2n) is 2.11. The predicted octanol–water partition coefficient (Wildman–Crippen LogP) is 0.916. The molecule has 56 valence electrons. The SMILES string of the molecule is Nc1ccn2ncc(I)c2n1. The van der Waals surface area contributed by atoms with E-state index in [1.165, 1.54) is 0 Å². The monoisotopic (exact) mass is 260 g/mol. The van der Waals surface area contributed by atoms with Gasteiger partial charge in [0, 0.05) is 6.20 Å². The summed E-state index contributed by atoms with van der Waals surface area (Å²) in [4.78, 5) is 4.11. The van der Waals surface area contributed by atoms with Crippen molar-refractivity contribution in [1.29, 1.82) is 0 Å². The number of nitrogens with two attached hydrogens (primary N) is 1. The smallest absolute Gasteiger partial charge is 0.170 e. The number of hydrogen-bond donors (Lipinski definition) is 1. The standard InChI is InChI=1S/C6H5IN4/c7-4-3-9-11-2-1-5(8)10-6(4)11/h1-3H,(H2,8,10). The first kappa shape index (κ1) is 6.84. The summed E-state index contributed by atoms with van der Waals surface area (Å²) in [5, 5.41) is 4.05. The topological polar surface area (TPSA) is 56.2 Å². The zero-order chi connectivity index (χ0) is 7.84. The van der Waals surface area contributed by atoms with E-state index in [1.807, 2.05) is 0 Å². The quantitative estimate of drug-likeness (QED) is 0.716. The lowest BCUT2D eigenvalue weighted by Crippen LogP contribution is -1.94. The van der Waals surface area contributed by atoms with Crippen LogP contribution in [0.3, 0.4) is 0 Å². The normalized spacial score (nSPS) is 10.6. The molecule has 2 aromatic heterocycles. The number of fused-ring (bicyclic) bond motifs is 1. The Morgan fingerprint density at radius 2 is 2.36 bits per heavy atom. The summed E-state index contributed by atoms with van der Waals surface area (Å²) in [5.74, 6) is 0.524. The van der Waals surface area contributed by atoms with Gasteiger partial charge in [-0.15, -0.1) is 0 Å². The number of hydrogen-bond acceptors (Lipinski definition) is 3. The summed E-state index contributed by atoms with van der Waals surface area (Å²) in [5.41, 5.74) is 6.31. The van der Waals surface area contributed by atoms with Gasteiger partial charge >= 0.3 is 0 Å². The van der Waals surface area contributed by atoms with E-state index in [4.69, 9.17) is 5.73 Å². The summed E-state index contributed by atoms with van der Waals surface area (Å²) in [7, 11) is 0. The Kier molecular flexibility index (Phi) is 1.45. The van der Waals surface area contributed by atoms with E-state index in [9.17, 15) is 0 Å². The number of halogens is 1. The minimum absolute atomic E-state index is 0.524. The molecule has 0 radical (unpaired) electrons. The maximum Gasteiger partial charge on any atom is 0.170 e. The van der Waals surface area contributed by atoms with Crippen LogP contribution in [0.25, 0.3) is 5.65 Å². The third-order valence-corrected chi connectivity index (χ3v) is 2.11. The highest BCUT2D eigenvalue weighted by Crippen LogP contribution is 2.11. The maximum atomic E-state index is 5.50. The van der Waals surface area contributed by atoms with Gasteiger partial charge < -0.3 is 5.73 Å². The van der Waals surface area contributed by atoms with Crippen LogP contribution >= 0.6 is 22.6 Å². The molecule has 0 saturated heterocycles. The van der Waals surface area contributed by atoms with E-state index in [0.717, 1.165) is 9.22 Å². The Morgan fingerprint density at radius 3 is 3.18 bits per heavy atom. The summed E-state index contributed by atoms with van der Waals surface area (Å²) in [6.45, 7) is 0. The lowest BCUT2D eigenvalue weighted by Gasteiger charge is -1.93. The van der Waals surface area contributed by atoms with E-state index in [2.05, 4.69) is 32.7 Å². The molecule has 0 aliphatic heterocycles. The number of aromatic nitrogens is 3. The van der Waals surface area contributed by atoms with Gasteiger partial charge in [-0.3, -0.25) is 0 Å². The Balaban J connectivity index is 2.87. The third kappa shape index (κ3) is 1.05. The van der Waals surface area contributed by atoms with Crippen molar-refractivity contribution in [3.8, 4) is 0 Å². The number of nitrogen functional groups attached to an aromatic ring is 1. The molecule has 4 nitrogen and oxygen atoms in total. The average Bonchev–Trinajstić information content (AvgIpc) is 2.33. The lowest BCUT2D eigenvalue weighted by atomic mass is 10.6. The highest BCUT2D eigenvalue weighted by Gasteiger charge is 2.00. The maximum absolute atomic E-state index is 5.50. The Morgan fingerprint density at radius 1 is 1.55 bits per heavy atom. The summed E-state index contributed by atoms with van der Waals surface area (Å²) in [6, 6.07) is 1.72. The molecule has 0 spiro atoms. The van der Waals surface area contributed by atoms with Gasteiger partial charge in [-0.25, -0.2) is 9.50 Å². The summed E-state index contributed by atoms with van der Waals surface area (Å²) in [6.07, 6.45) is 3.54. The van der Waals surface area contributed by atoms with Crippen molar-refractivity contribution >= 4 is 34.1 Å². The molecule has 0 aliphatic carbocycles. The molecule has 0 unspecified atom stereocenters. The van der Waals surface area contributed by atoms with Crippen molar-refractivity contribution < 1.29 is 0 Å². The molecule has 0 saturated carbocycles. The van der Waals surface area contributed by atoms with Gasteiger partial charge in [-0.05, 0) is 28.7 Å². The van der Waals surface area contributed by atoms with E-state index < -0.39 is 0 Å². The van der Waals surface area contributed by atoms with Crippen LogP contribution in [0.5, 0.6) is 0 Å². The minimum atomic E-state index is 0.524. The van der Waals surface area contributed by atoms with Crippen molar-refractivity contribution in [3.63, 3.8) is 0 Å². The van der Waals surface area contributed by atoms with Crippen LogP contribution in [0.1, 0.15) is 0 Å². The number of rotatable bonds is 0.